The van der Waals surface area contributed by atoms with Gasteiger partial charge >= 0.3 is 0 Å². The van der Waals surface area contributed by atoms with E-state index in [9.17, 15) is 4.79 Å². The molecular formula is C17H21NO2. The third kappa shape index (κ3) is 6.16. The van der Waals surface area contributed by atoms with Crippen LogP contribution in [0, 0.1) is 0 Å². The molecule has 0 bridgehead atoms. The van der Waals surface area contributed by atoms with Crippen LogP contribution >= 0.6 is 0 Å². The maximum Gasteiger partial charge on any atom is 0.150 e. The minimum atomic E-state index is 0.640. The van der Waals surface area contributed by atoms with Crippen molar-refractivity contribution in [1.29, 1.82) is 0 Å². The van der Waals surface area contributed by atoms with Gasteiger partial charge in [0, 0.05) is 12.1 Å². The molecule has 0 heterocycles. The quantitative estimate of drug-likeness (QED) is 0.848. The molecule has 2 N–H and O–H groups in total. The number of carbonyl (C=O) groups is 1. The maximum atomic E-state index is 10.3. The molecule has 0 radical (unpaired) electrons. The van der Waals surface area contributed by atoms with Gasteiger partial charge in [-0.15, -0.1) is 0 Å². The lowest BCUT2D eigenvalue weighted by molar-refractivity contribution is 0.112. The lowest BCUT2D eigenvalue weighted by atomic mass is 10.2. The third-order valence-electron chi connectivity index (χ3n) is 2.57. The highest BCUT2D eigenvalue weighted by molar-refractivity contribution is 5.74. The minimum absolute atomic E-state index is 0.640. The number of benzene rings is 2. The largest absolute Gasteiger partial charge is 0.494 e. The number of hydrogen-bond acceptors (Lipinski definition) is 3. The normalized spacial score (nSPS) is 9.30. The standard InChI is InChI=1S/C10H12O2.C7H9N/c1-2-7-12-10-5-3-9(8-11)4-6-10;8-6-7-4-2-1-3-5-7/h3-6,8H,2,7H2,1H3;1-5H,6,8H2. The Morgan fingerprint density at radius 2 is 1.70 bits per heavy atom. The first-order chi connectivity index (χ1) is 9.80. The van der Waals surface area contributed by atoms with Gasteiger partial charge in [0.1, 0.15) is 12.0 Å². The zero-order chi connectivity index (χ0) is 14.6. The molecule has 0 saturated heterocycles. The molecule has 20 heavy (non-hydrogen) atoms. The first kappa shape index (κ1) is 15.9. The molecule has 0 aliphatic heterocycles. The molecule has 2 aromatic rings. The highest BCUT2D eigenvalue weighted by Crippen LogP contribution is 2.10. The molecule has 0 fully saturated rings. The summed E-state index contributed by atoms with van der Waals surface area (Å²) in [5.41, 5.74) is 7.22. The third-order valence-corrected chi connectivity index (χ3v) is 2.57. The second kappa shape index (κ2) is 9.75. The fourth-order valence-corrected chi connectivity index (χ4v) is 1.48. The Bertz CT molecular complexity index is 480. The first-order valence-corrected chi connectivity index (χ1v) is 6.72. The van der Waals surface area contributed by atoms with Gasteiger partial charge in [0.15, 0.2) is 0 Å². The number of hydrogen-bond donors (Lipinski definition) is 1. The van der Waals surface area contributed by atoms with Gasteiger partial charge in [0.2, 0.25) is 0 Å². The summed E-state index contributed by atoms with van der Waals surface area (Å²) in [6, 6.07) is 17.1. The van der Waals surface area contributed by atoms with Gasteiger partial charge in [-0.25, -0.2) is 0 Å². The maximum absolute atomic E-state index is 10.3. The number of ether oxygens (including phenoxy) is 1. The molecule has 0 aliphatic rings. The average Bonchev–Trinajstić information content (AvgIpc) is 2.54. The molecule has 0 aromatic heterocycles. The second-order valence-corrected chi connectivity index (χ2v) is 4.23. The van der Waals surface area contributed by atoms with Gasteiger partial charge in [0.05, 0.1) is 6.61 Å². The molecule has 106 valence electrons. The summed E-state index contributed by atoms with van der Waals surface area (Å²) in [5, 5.41) is 0. The summed E-state index contributed by atoms with van der Waals surface area (Å²) in [4.78, 5) is 10.3. The van der Waals surface area contributed by atoms with Crippen molar-refractivity contribution in [2.75, 3.05) is 6.61 Å². The molecular weight excluding hydrogens is 250 g/mol. The van der Waals surface area contributed by atoms with Crippen molar-refractivity contribution in [2.24, 2.45) is 5.73 Å². The van der Waals surface area contributed by atoms with E-state index < -0.39 is 0 Å². The van der Waals surface area contributed by atoms with E-state index in [0.29, 0.717) is 12.1 Å². The van der Waals surface area contributed by atoms with Crippen molar-refractivity contribution < 1.29 is 9.53 Å². The highest BCUT2D eigenvalue weighted by Gasteiger charge is 1.92. The molecule has 0 amide bonds. The zero-order valence-electron chi connectivity index (χ0n) is 11.8. The van der Waals surface area contributed by atoms with Gasteiger partial charge in [0.25, 0.3) is 0 Å². The summed E-state index contributed by atoms with van der Waals surface area (Å²) in [6.07, 6.45) is 1.82. The van der Waals surface area contributed by atoms with E-state index in [1.54, 1.807) is 24.3 Å². The van der Waals surface area contributed by atoms with E-state index in [1.807, 2.05) is 30.3 Å². The molecule has 2 aromatic carbocycles. The predicted molar refractivity (Wildman–Crippen MR) is 81.9 cm³/mol. The Morgan fingerprint density at radius 3 is 2.15 bits per heavy atom. The van der Waals surface area contributed by atoms with Gasteiger partial charge in [-0.1, -0.05) is 37.3 Å². The topological polar surface area (TPSA) is 52.3 Å². The van der Waals surface area contributed by atoms with Crippen molar-refractivity contribution in [3.05, 3.63) is 65.7 Å². The Kier molecular flexibility index (Phi) is 7.77. The SMILES string of the molecule is CCCOc1ccc(C=O)cc1.NCc1ccccc1. The Hall–Kier alpha value is -2.13. The molecule has 3 nitrogen and oxygen atoms in total. The van der Waals surface area contributed by atoms with Crippen LogP contribution in [0.4, 0.5) is 0 Å². The number of aldehydes is 1. The van der Waals surface area contributed by atoms with Gasteiger partial charge in [-0.2, -0.15) is 0 Å². The van der Waals surface area contributed by atoms with Crippen LogP contribution < -0.4 is 10.5 Å². The summed E-state index contributed by atoms with van der Waals surface area (Å²) in [7, 11) is 0. The fraction of sp³-hybridized carbons (Fsp3) is 0.235. The molecule has 2 rings (SSSR count). The van der Waals surface area contributed by atoms with E-state index in [4.69, 9.17) is 10.5 Å². The van der Waals surface area contributed by atoms with Crippen LogP contribution in [-0.4, -0.2) is 12.9 Å². The van der Waals surface area contributed by atoms with Crippen LogP contribution in [-0.2, 0) is 6.54 Å². The van der Waals surface area contributed by atoms with Crippen LogP contribution in [0.1, 0.15) is 29.3 Å². The lowest BCUT2D eigenvalue weighted by Gasteiger charge is -2.02. The predicted octanol–water partition coefficient (Wildman–Crippen LogP) is 3.43. The van der Waals surface area contributed by atoms with Crippen molar-refractivity contribution >= 4 is 6.29 Å². The van der Waals surface area contributed by atoms with Crippen LogP contribution in [0.3, 0.4) is 0 Å². The first-order valence-electron chi connectivity index (χ1n) is 6.72. The Labute approximate surface area is 120 Å². The number of carbonyl (C=O) groups excluding carboxylic acids is 1. The monoisotopic (exact) mass is 271 g/mol. The van der Waals surface area contributed by atoms with Crippen LogP contribution in [0.2, 0.25) is 0 Å². The summed E-state index contributed by atoms with van der Waals surface area (Å²) >= 11 is 0. The smallest absolute Gasteiger partial charge is 0.150 e. The van der Waals surface area contributed by atoms with Crippen molar-refractivity contribution in [3.63, 3.8) is 0 Å². The van der Waals surface area contributed by atoms with Crippen LogP contribution in [0.15, 0.2) is 54.6 Å². The van der Waals surface area contributed by atoms with Gasteiger partial charge < -0.3 is 10.5 Å². The molecule has 0 atom stereocenters. The molecule has 0 aliphatic carbocycles. The van der Waals surface area contributed by atoms with E-state index in [1.165, 1.54) is 5.56 Å². The molecule has 0 unspecified atom stereocenters. The molecule has 0 saturated carbocycles. The lowest BCUT2D eigenvalue weighted by Crippen LogP contribution is -1.94. The van der Waals surface area contributed by atoms with E-state index in [2.05, 4.69) is 6.92 Å². The fourth-order valence-electron chi connectivity index (χ4n) is 1.48. The van der Waals surface area contributed by atoms with Crippen LogP contribution in [0.25, 0.3) is 0 Å². The summed E-state index contributed by atoms with van der Waals surface area (Å²) in [6.45, 7) is 3.42. The molecule has 3 heteroatoms. The van der Waals surface area contributed by atoms with Crippen molar-refractivity contribution in [3.8, 4) is 5.75 Å². The van der Waals surface area contributed by atoms with Gasteiger partial charge in [-0.3, -0.25) is 4.79 Å². The minimum Gasteiger partial charge on any atom is -0.494 e. The van der Waals surface area contributed by atoms with Crippen molar-refractivity contribution in [2.45, 2.75) is 19.9 Å². The number of rotatable bonds is 5. The van der Waals surface area contributed by atoms with Crippen LogP contribution in [0.5, 0.6) is 5.75 Å². The van der Waals surface area contributed by atoms with Crippen molar-refractivity contribution in [1.82, 2.24) is 0 Å². The molecule has 0 spiro atoms. The summed E-state index contributed by atoms with van der Waals surface area (Å²) < 4.78 is 5.34. The Morgan fingerprint density at radius 1 is 1.05 bits per heavy atom. The van der Waals surface area contributed by atoms with E-state index >= 15 is 0 Å². The second-order valence-electron chi connectivity index (χ2n) is 4.23. The average molecular weight is 271 g/mol. The van der Waals surface area contributed by atoms with E-state index in [-0.39, 0.29) is 0 Å². The highest BCUT2D eigenvalue weighted by atomic mass is 16.5. The zero-order valence-corrected chi connectivity index (χ0v) is 11.8. The summed E-state index contributed by atoms with van der Waals surface area (Å²) in [5.74, 6) is 0.822. The Balaban J connectivity index is 0.000000217. The van der Waals surface area contributed by atoms with Gasteiger partial charge in [-0.05, 0) is 36.2 Å². The van der Waals surface area contributed by atoms with E-state index in [0.717, 1.165) is 25.1 Å². The number of nitrogens with two attached hydrogens (primary N) is 1.